The summed E-state index contributed by atoms with van der Waals surface area (Å²) >= 11 is 0. The standard InChI is InChI=1S/C40H75NO6S/c1-3-5-7-9-11-13-15-17-18-19-20-21-22-23-25-27-29-31-33-35-39(43)40(44)41-37(36-48(45,46)47)38(42)34-32-30-28-26-24-16-14-12-10-8-6-4-2/h10,12,24,26,32,34,37-39,42-43H,3-9,11,13-23,25,27-31,33,35-36H2,1-2H3,(H,41,44)(H,45,46,47)/b12-10+,26-24+,34-32+. The fourth-order valence-corrected chi connectivity index (χ4v) is 6.56. The average molecular weight is 698 g/mol. The van der Waals surface area contributed by atoms with Crippen LogP contribution in [0.5, 0.6) is 0 Å². The number of carbonyl (C=O) groups excluding carboxylic acids is 1. The molecule has 3 atom stereocenters. The van der Waals surface area contributed by atoms with E-state index in [1.807, 2.05) is 0 Å². The van der Waals surface area contributed by atoms with Crippen molar-refractivity contribution in [2.24, 2.45) is 0 Å². The zero-order valence-corrected chi connectivity index (χ0v) is 31.8. The van der Waals surface area contributed by atoms with Gasteiger partial charge in [-0.1, -0.05) is 185 Å². The summed E-state index contributed by atoms with van der Waals surface area (Å²) in [6.45, 7) is 4.45. The van der Waals surface area contributed by atoms with Gasteiger partial charge in [-0.15, -0.1) is 0 Å². The molecule has 0 aliphatic heterocycles. The molecule has 7 nitrogen and oxygen atoms in total. The van der Waals surface area contributed by atoms with Crippen LogP contribution in [0.4, 0.5) is 0 Å². The van der Waals surface area contributed by atoms with Crippen molar-refractivity contribution in [1.29, 1.82) is 0 Å². The first-order valence-electron chi connectivity index (χ1n) is 19.8. The summed E-state index contributed by atoms with van der Waals surface area (Å²) in [4.78, 5) is 12.6. The summed E-state index contributed by atoms with van der Waals surface area (Å²) < 4.78 is 32.4. The Hall–Kier alpha value is -1.48. The molecule has 0 aliphatic rings. The van der Waals surface area contributed by atoms with Crippen LogP contribution < -0.4 is 5.32 Å². The lowest BCUT2D eigenvalue weighted by Gasteiger charge is -2.22. The molecule has 8 heteroatoms. The highest BCUT2D eigenvalue weighted by atomic mass is 32.2. The first kappa shape index (κ1) is 46.5. The minimum atomic E-state index is -4.45. The van der Waals surface area contributed by atoms with E-state index in [2.05, 4.69) is 43.5 Å². The van der Waals surface area contributed by atoms with Gasteiger partial charge in [0.1, 0.15) is 6.10 Å². The molecule has 0 bridgehead atoms. The van der Waals surface area contributed by atoms with Crippen LogP contribution in [0.25, 0.3) is 0 Å². The van der Waals surface area contributed by atoms with Crippen molar-refractivity contribution in [3.05, 3.63) is 36.5 Å². The van der Waals surface area contributed by atoms with Gasteiger partial charge in [-0.3, -0.25) is 9.35 Å². The summed E-state index contributed by atoms with van der Waals surface area (Å²) in [6, 6.07) is -1.25. The molecule has 0 fully saturated rings. The Labute approximate surface area is 296 Å². The van der Waals surface area contributed by atoms with Gasteiger partial charge in [0.05, 0.1) is 17.9 Å². The fourth-order valence-electron chi connectivity index (χ4n) is 5.83. The van der Waals surface area contributed by atoms with E-state index in [9.17, 15) is 28.0 Å². The molecule has 0 aliphatic carbocycles. The maximum atomic E-state index is 12.6. The zero-order chi connectivity index (χ0) is 35.6. The number of nitrogens with one attached hydrogen (secondary N) is 1. The molecule has 1 amide bonds. The Morgan fingerprint density at radius 3 is 1.35 bits per heavy atom. The third-order valence-corrected chi connectivity index (χ3v) is 9.69. The lowest BCUT2D eigenvalue weighted by molar-refractivity contribution is -0.130. The number of aliphatic hydroxyl groups excluding tert-OH is 2. The van der Waals surface area contributed by atoms with Crippen LogP contribution in [0.15, 0.2) is 36.5 Å². The Balaban J connectivity index is 4.03. The molecule has 0 saturated heterocycles. The van der Waals surface area contributed by atoms with Gasteiger partial charge in [0, 0.05) is 0 Å². The van der Waals surface area contributed by atoms with Gasteiger partial charge < -0.3 is 15.5 Å². The molecule has 0 spiro atoms. The van der Waals surface area contributed by atoms with Gasteiger partial charge in [0.25, 0.3) is 10.1 Å². The van der Waals surface area contributed by atoms with E-state index in [1.165, 1.54) is 115 Å². The van der Waals surface area contributed by atoms with Crippen molar-refractivity contribution in [1.82, 2.24) is 5.32 Å². The van der Waals surface area contributed by atoms with Gasteiger partial charge in [0.15, 0.2) is 0 Å². The second kappa shape index (κ2) is 34.0. The molecule has 3 unspecified atom stereocenters. The number of hydrogen-bond acceptors (Lipinski definition) is 5. The molecular weight excluding hydrogens is 623 g/mol. The summed E-state index contributed by atoms with van der Waals surface area (Å²) in [7, 11) is -4.45. The number of rotatable bonds is 35. The van der Waals surface area contributed by atoms with Crippen LogP contribution >= 0.6 is 0 Å². The Bertz CT molecular complexity index is 917. The van der Waals surface area contributed by atoms with Gasteiger partial charge in [-0.05, 0) is 38.5 Å². The van der Waals surface area contributed by atoms with Gasteiger partial charge in [0.2, 0.25) is 5.91 Å². The topological polar surface area (TPSA) is 124 Å². The van der Waals surface area contributed by atoms with Crippen LogP contribution in [0, 0.1) is 0 Å². The van der Waals surface area contributed by atoms with E-state index in [4.69, 9.17) is 0 Å². The first-order valence-corrected chi connectivity index (χ1v) is 21.4. The minimum Gasteiger partial charge on any atom is -0.387 e. The van der Waals surface area contributed by atoms with Gasteiger partial charge in [-0.2, -0.15) is 8.42 Å². The monoisotopic (exact) mass is 698 g/mol. The maximum Gasteiger partial charge on any atom is 0.267 e. The van der Waals surface area contributed by atoms with E-state index >= 15 is 0 Å². The third kappa shape index (κ3) is 33.0. The Morgan fingerprint density at radius 1 is 0.562 bits per heavy atom. The van der Waals surface area contributed by atoms with E-state index in [0.717, 1.165) is 44.9 Å². The van der Waals surface area contributed by atoms with Gasteiger partial charge >= 0.3 is 0 Å². The smallest absolute Gasteiger partial charge is 0.267 e. The molecule has 0 aromatic heterocycles. The molecular formula is C40H75NO6S. The molecule has 0 heterocycles. The molecule has 0 rings (SSSR count). The van der Waals surface area contributed by atoms with E-state index in [0.29, 0.717) is 12.8 Å². The number of allylic oxidation sites excluding steroid dienone is 5. The number of carbonyl (C=O) groups is 1. The largest absolute Gasteiger partial charge is 0.387 e. The molecule has 282 valence electrons. The molecule has 0 aromatic rings. The summed E-state index contributed by atoms with van der Waals surface area (Å²) in [6.07, 6.45) is 40.6. The van der Waals surface area contributed by atoms with Crippen molar-refractivity contribution in [3.63, 3.8) is 0 Å². The highest BCUT2D eigenvalue weighted by molar-refractivity contribution is 7.85. The molecule has 4 N–H and O–H groups in total. The van der Waals surface area contributed by atoms with Crippen LogP contribution in [0.3, 0.4) is 0 Å². The number of hydrogen-bond donors (Lipinski definition) is 4. The quantitative estimate of drug-likeness (QED) is 0.0297. The Morgan fingerprint density at radius 2 is 0.938 bits per heavy atom. The normalized spacial score (nSPS) is 14.4. The van der Waals surface area contributed by atoms with E-state index in [1.54, 1.807) is 6.08 Å². The number of unbranched alkanes of at least 4 members (excludes halogenated alkanes) is 22. The van der Waals surface area contributed by atoms with Crippen molar-refractivity contribution in [3.8, 4) is 0 Å². The van der Waals surface area contributed by atoms with Crippen molar-refractivity contribution < 1.29 is 28.0 Å². The lowest BCUT2D eigenvalue weighted by Crippen LogP contribution is -2.50. The molecule has 48 heavy (non-hydrogen) atoms. The second-order valence-corrected chi connectivity index (χ2v) is 15.2. The predicted molar refractivity (Wildman–Crippen MR) is 204 cm³/mol. The van der Waals surface area contributed by atoms with Crippen LogP contribution in [0.2, 0.25) is 0 Å². The zero-order valence-electron chi connectivity index (χ0n) is 31.0. The molecule has 0 radical (unpaired) electrons. The molecule has 0 saturated carbocycles. The second-order valence-electron chi connectivity index (χ2n) is 13.7. The SMILES string of the molecule is CCCC/C=C/CC/C=C/CC/C=C/C(O)C(CS(=O)(=O)O)NC(=O)C(O)CCCCCCCCCCCCCCCCCCCCC. The van der Waals surface area contributed by atoms with Crippen molar-refractivity contribution in [2.75, 3.05) is 5.75 Å². The minimum absolute atomic E-state index is 0.274. The predicted octanol–water partition coefficient (Wildman–Crippen LogP) is 10.3. The first-order chi connectivity index (χ1) is 23.2. The Kier molecular flexibility index (Phi) is 32.9. The fraction of sp³-hybridized carbons (Fsp3) is 0.825. The van der Waals surface area contributed by atoms with Crippen LogP contribution in [0.1, 0.15) is 187 Å². The maximum absolute atomic E-state index is 12.6. The van der Waals surface area contributed by atoms with Crippen molar-refractivity contribution >= 4 is 16.0 Å². The number of aliphatic hydroxyl groups is 2. The van der Waals surface area contributed by atoms with Crippen LogP contribution in [-0.2, 0) is 14.9 Å². The van der Waals surface area contributed by atoms with Crippen LogP contribution in [-0.4, -0.2) is 53.1 Å². The average Bonchev–Trinajstić information content (AvgIpc) is 3.05. The van der Waals surface area contributed by atoms with Gasteiger partial charge in [-0.25, -0.2) is 0 Å². The lowest BCUT2D eigenvalue weighted by atomic mass is 10.0. The van der Waals surface area contributed by atoms with E-state index < -0.39 is 40.0 Å². The van der Waals surface area contributed by atoms with E-state index in [-0.39, 0.29) is 6.42 Å². The third-order valence-electron chi connectivity index (χ3n) is 8.90. The summed E-state index contributed by atoms with van der Waals surface area (Å²) in [5.74, 6) is -1.56. The van der Waals surface area contributed by atoms with Crippen molar-refractivity contribution in [2.45, 2.75) is 205 Å². The molecule has 0 aromatic carbocycles. The highest BCUT2D eigenvalue weighted by Crippen LogP contribution is 2.15. The summed E-state index contributed by atoms with van der Waals surface area (Å²) in [5, 5.41) is 23.3. The summed E-state index contributed by atoms with van der Waals surface area (Å²) in [5.41, 5.74) is 0. The highest BCUT2D eigenvalue weighted by Gasteiger charge is 2.27. The number of amides is 1.